The van der Waals surface area contributed by atoms with Crippen LogP contribution in [0.3, 0.4) is 0 Å². The van der Waals surface area contributed by atoms with Crippen LogP contribution in [0.2, 0.25) is 0 Å². The number of nitrogens with zero attached hydrogens (tertiary/aromatic N) is 1. The van der Waals surface area contributed by atoms with Crippen LogP contribution in [0.5, 0.6) is 11.5 Å². The second-order valence-corrected chi connectivity index (χ2v) is 13.0. The first-order chi connectivity index (χ1) is 24.9. The maximum absolute atomic E-state index is 13.9. The van der Waals surface area contributed by atoms with Gasteiger partial charge in [0, 0.05) is 38.8 Å². The van der Waals surface area contributed by atoms with Crippen LogP contribution in [0, 0.1) is 5.92 Å². The van der Waals surface area contributed by atoms with E-state index in [1.807, 2.05) is 50.2 Å². The minimum atomic E-state index is -1.13. The first-order valence-corrected chi connectivity index (χ1v) is 17.4. The van der Waals surface area contributed by atoms with E-state index in [0.717, 1.165) is 11.1 Å². The first-order valence-electron chi connectivity index (χ1n) is 17.4. The van der Waals surface area contributed by atoms with Crippen LogP contribution in [0.25, 0.3) is 0 Å². The van der Waals surface area contributed by atoms with Crippen LogP contribution >= 0.6 is 0 Å². The van der Waals surface area contributed by atoms with Gasteiger partial charge in [-0.15, -0.1) is 0 Å². The highest BCUT2D eigenvalue weighted by Gasteiger charge is 2.31. The lowest BCUT2D eigenvalue weighted by Gasteiger charge is -2.27. The Morgan fingerprint density at radius 2 is 1.67 bits per heavy atom. The minimum absolute atomic E-state index is 0.0943. The fraction of sp³-hybridized carbons (Fsp3) is 0.421. The summed E-state index contributed by atoms with van der Waals surface area (Å²) in [4.78, 5) is 79.1. The Kier molecular flexibility index (Phi) is 14.4. The third-order valence-electron chi connectivity index (χ3n) is 8.65. The molecule has 0 unspecified atom stereocenters. The van der Waals surface area contributed by atoms with E-state index < -0.39 is 41.8 Å². The molecule has 278 valence electrons. The molecule has 0 saturated heterocycles. The molecule has 0 fully saturated rings. The molecule has 5 amide bonds. The van der Waals surface area contributed by atoms with Crippen LogP contribution in [-0.2, 0) is 39.1 Å². The standard InChI is InChI=1S/C38H48N6O8/c1-24(2)34-38(50)40-19-8-12-26-14-16-30(51-4)31(21-26)52-23-32(45)39-18-9-13-28(41-35(47)27-15-17-33(46)44(3)22-27)36(48)42-29(37(49)43-34)20-25-10-6-5-7-11-25/h5-7,10-11,14-17,21-22,24,28-29,34H,8-9,12-13,18-20,23H2,1-4H3,(H,39,45)(H,40,50)(H,41,47)(H,42,48)(H,43,49)/t28-,29-,34+/m0/s1. The molecule has 1 aromatic heterocycles. The summed E-state index contributed by atoms with van der Waals surface area (Å²) in [6.07, 6.45) is 3.05. The van der Waals surface area contributed by atoms with E-state index in [1.54, 1.807) is 12.1 Å². The Balaban J connectivity index is 1.62. The van der Waals surface area contributed by atoms with Gasteiger partial charge in [0.2, 0.25) is 23.3 Å². The van der Waals surface area contributed by atoms with Gasteiger partial charge in [0.25, 0.3) is 11.8 Å². The Morgan fingerprint density at radius 1 is 0.923 bits per heavy atom. The number of carbonyl (C=O) groups excluding carboxylic acids is 5. The molecule has 14 heteroatoms. The monoisotopic (exact) mass is 716 g/mol. The summed E-state index contributed by atoms with van der Waals surface area (Å²) < 4.78 is 12.4. The zero-order chi connectivity index (χ0) is 37.6. The van der Waals surface area contributed by atoms with Gasteiger partial charge in [-0.05, 0) is 60.9 Å². The quantitative estimate of drug-likeness (QED) is 0.253. The van der Waals surface area contributed by atoms with Gasteiger partial charge >= 0.3 is 0 Å². The van der Waals surface area contributed by atoms with Gasteiger partial charge in [-0.25, -0.2) is 0 Å². The molecule has 5 N–H and O–H groups in total. The number of fused-ring (bicyclic) bond motifs is 2. The smallest absolute Gasteiger partial charge is 0.257 e. The second-order valence-electron chi connectivity index (χ2n) is 13.0. The summed E-state index contributed by atoms with van der Waals surface area (Å²) in [5, 5.41) is 14.1. The van der Waals surface area contributed by atoms with E-state index in [9.17, 15) is 28.8 Å². The average Bonchev–Trinajstić information content (AvgIpc) is 3.13. The summed E-state index contributed by atoms with van der Waals surface area (Å²) in [7, 11) is 3.01. The van der Waals surface area contributed by atoms with Gasteiger partial charge in [0.15, 0.2) is 18.1 Å². The van der Waals surface area contributed by atoms with E-state index >= 15 is 0 Å². The number of hydrogen-bond acceptors (Lipinski definition) is 8. The summed E-state index contributed by atoms with van der Waals surface area (Å²) in [6, 6.07) is 14.1. The van der Waals surface area contributed by atoms with E-state index in [4.69, 9.17) is 9.47 Å². The molecule has 14 nitrogen and oxygen atoms in total. The number of aromatic nitrogens is 1. The zero-order valence-electron chi connectivity index (χ0n) is 30.0. The van der Waals surface area contributed by atoms with Crippen molar-refractivity contribution in [3.8, 4) is 11.5 Å². The average molecular weight is 717 g/mol. The molecule has 2 heterocycles. The maximum atomic E-state index is 13.9. The highest BCUT2D eigenvalue weighted by Crippen LogP contribution is 2.28. The number of benzene rings is 2. The predicted octanol–water partition coefficient (Wildman–Crippen LogP) is 1.40. The number of pyridine rings is 1. The molecule has 3 aromatic rings. The van der Waals surface area contributed by atoms with Crippen LogP contribution in [0.1, 0.15) is 54.6 Å². The number of ether oxygens (including phenoxy) is 2. The van der Waals surface area contributed by atoms with Crippen LogP contribution in [0.15, 0.2) is 71.7 Å². The SMILES string of the molecule is COc1ccc2cc1OCC(=O)NCCC[C@H](NC(=O)c1ccc(=O)n(C)c1)C(=O)N[C@@H](Cc1ccccc1)C(=O)N[C@H](C(C)C)C(=O)NCCC2. The fourth-order valence-electron chi connectivity index (χ4n) is 5.69. The molecule has 4 rings (SSSR count). The van der Waals surface area contributed by atoms with Crippen molar-refractivity contribution in [3.63, 3.8) is 0 Å². The zero-order valence-corrected chi connectivity index (χ0v) is 30.0. The van der Waals surface area contributed by atoms with Gasteiger partial charge in [0.1, 0.15) is 18.1 Å². The van der Waals surface area contributed by atoms with Crippen molar-refractivity contribution >= 4 is 29.5 Å². The summed E-state index contributed by atoms with van der Waals surface area (Å²) in [6.45, 7) is 3.86. The molecule has 0 radical (unpaired) electrons. The molecular formula is C38H48N6O8. The molecule has 0 spiro atoms. The number of methoxy groups -OCH3 is 1. The third kappa shape index (κ3) is 11.4. The topological polar surface area (TPSA) is 186 Å². The van der Waals surface area contributed by atoms with Crippen LogP contribution < -0.4 is 41.6 Å². The number of aryl methyl sites for hydroxylation is 2. The van der Waals surface area contributed by atoms with E-state index in [0.29, 0.717) is 30.9 Å². The molecule has 0 saturated carbocycles. The maximum Gasteiger partial charge on any atom is 0.257 e. The van der Waals surface area contributed by atoms with Gasteiger partial charge in [-0.1, -0.05) is 50.2 Å². The van der Waals surface area contributed by atoms with Crippen molar-refractivity contribution in [3.05, 3.63) is 93.9 Å². The molecule has 1 aliphatic rings. The van der Waals surface area contributed by atoms with Gasteiger partial charge in [0.05, 0.1) is 12.7 Å². The van der Waals surface area contributed by atoms with Crippen LogP contribution in [-0.4, -0.2) is 79.0 Å². The van der Waals surface area contributed by atoms with Gasteiger partial charge in [-0.3, -0.25) is 28.8 Å². The van der Waals surface area contributed by atoms with E-state index in [-0.39, 0.29) is 55.4 Å². The Hall–Kier alpha value is -5.66. The normalized spacial score (nSPS) is 19.8. The first kappa shape index (κ1) is 39.1. The van der Waals surface area contributed by atoms with Crippen molar-refractivity contribution < 1.29 is 33.4 Å². The summed E-state index contributed by atoms with van der Waals surface area (Å²) >= 11 is 0. The lowest BCUT2D eigenvalue weighted by molar-refractivity contribution is -0.133. The van der Waals surface area contributed by atoms with E-state index in [2.05, 4.69) is 26.6 Å². The number of carbonyl (C=O) groups is 5. The van der Waals surface area contributed by atoms with E-state index in [1.165, 1.54) is 37.1 Å². The van der Waals surface area contributed by atoms with Gasteiger partial charge < -0.3 is 40.6 Å². The lowest BCUT2D eigenvalue weighted by atomic mass is 10.00. The highest BCUT2D eigenvalue weighted by atomic mass is 16.5. The molecule has 52 heavy (non-hydrogen) atoms. The Labute approximate surface area is 303 Å². The third-order valence-corrected chi connectivity index (χ3v) is 8.65. The minimum Gasteiger partial charge on any atom is -0.493 e. The number of rotatable bonds is 6. The number of nitrogens with one attached hydrogen (secondary N) is 5. The molecule has 3 atom stereocenters. The Bertz CT molecular complexity index is 1780. The largest absolute Gasteiger partial charge is 0.493 e. The molecule has 2 bridgehead atoms. The van der Waals surface area contributed by atoms with Crippen LogP contribution in [0.4, 0.5) is 0 Å². The highest BCUT2D eigenvalue weighted by molar-refractivity contribution is 5.98. The molecule has 0 aliphatic carbocycles. The Morgan fingerprint density at radius 3 is 2.38 bits per heavy atom. The fourth-order valence-corrected chi connectivity index (χ4v) is 5.69. The van der Waals surface area contributed by atoms with Crippen molar-refractivity contribution in [1.29, 1.82) is 0 Å². The van der Waals surface area contributed by atoms with Crippen molar-refractivity contribution in [1.82, 2.24) is 31.2 Å². The molecule has 2 aromatic carbocycles. The van der Waals surface area contributed by atoms with Crippen molar-refractivity contribution in [2.24, 2.45) is 13.0 Å². The second kappa shape index (κ2) is 19.1. The number of hydrogen-bond donors (Lipinski definition) is 5. The predicted molar refractivity (Wildman–Crippen MR) is 194 cm³/mol. The molecule has 1 aliphatic heterocycles. The molecular weight excluding hydrogens is 668 g/mol. The summed E-state index contributed by atoms with van der Waals surface area (Å²) in [5.74, 6) is -1.97. The van der Waals surface area contributed by atoms with Gasteiger partial charge in [-0.2, -0.15) is 0 Å². The lowest BCUT2D eigenvalue weighted by Crippen LogP contribution is -2.58. The van der Waals surface area contributed by atoms with Crippen molar-refractivity contribution in [2.75, 3.05) is 26.8 Å². The number of amides is 5. The summed E-state index contributed by atoms with van der Waals surface area (Å²) in [5.41, 5.74) is 1.54. The van der Waals surface area contributed by atoms with Crippen molar-refractivity contribution in [2.45, 2.75) is 64.1 Å².